The highest BCUT2D eigenvalue weighted by molar-refractivity contribution is 7.92. The lowest BCUT2D eigenvalue weighted by molar-refractivity contribution is -0.132. The fraction of sp³-hybridized carbons (Fsp3) is 0.550. The minimum Gasteiger partial charge on any atom is -0.326 e. The molecule has 0 unspecified atom stereocenters. The smallest absolute Gasteiger partial charge is 0.325 e. The second kappa shape index (κ2) is 9.03. The maximum Gasteiger partial charge on any atom is 0.325 e. The largest absolute Gasteiger partial charge is 0.326 e. The Labute approximate surface area is 176 Å². The van der Waals surface area contributed by atoms with E-state index >= 15 is 0 Å². The molecule has 1 spiro atoms. The molecular formula is C20H28N4O5S. The second-order valence-electron chi connectivity index (χ2n) is 7.83. The van der Waals surface area contributed by atoms with Gasteiger partial charge in [-0.25, -0.2) is 13.2 Å². The van der Waals surface area contributed by atoms with Gasteiger partial charge >= 0.3 is 6.03 Å². The zero-order valence-electron chi connectivity index (χ0n) is 17.1. The molecule has 164 valence electrons. The zero-order valence-corrected chi connectivity index (χ0v) is 17.9. The van der Waals surface area contributed by atoms with E-state index in [0.29, 0.717) is 30.6 Å². The van der Waals surface area contributed by atoms with Crippen molar-refractivity contribution in [2.45, 2.75) is 57.4 Å². The number of hydrogen-bond donors (Lipinski definition) is 3. The van der Waals surface area contributed by atoms with Gasteiger partial charge in [0.25, 0.3) is 5.91 Å². The fourth-order valence-corrected chi connectivity index (χ4v) is 5.07. The van der Waals surface area contributed by atoms with Crippen LogP contribution in [-0.4, -0.2) is 49.0 Å². The number of amides is 4. The van der Waals surface area contributed by atoms with E-state index in [1.807, 2.05) is 0 Å². The first-order valence-corrected chi connectivity index (χ1v) is 11.9. The first-order valence-electron chi connectivity index (χ1n) is 10.3. The van der Waals surface area contributed by atoms with Crippen LogP contribution in [-0.2, 0) is 19.6 Å². The van der Waals surface area contributed by atoms with Gasteiger partial charge in [-0.2, -0.15) is 0 Å². The maximum absolute atomic E-state index is 12.7. The van der Waals surface area contributed by atoms with E-state index < -0.39 is 21.6 Å². The molecule has 1 saturated heterocycles. The van der Waals surface area contributed by atoms with Crippen LogP contribution in [0.3, 0.4) is 0 Å². The molecule has 10 heteroatoms. The SMILES string of the molecule is CCCS(=O)(=O)Nc1ccc(NC(=O)CCN2C(=O)NC3(CCCCC3)C2=O)cc1. The molecule has 0 bridgehead atoms. The molecule has 0 atom stereocenters. The molecule has 1 saturated carbocycles. The molecule has 30 heavy (non-hydrogen) atoms. The van der Waals surface area contributed by atoms with Crippen molar-refractivity contribution >= 4 is 39.2 Å². The minimum absolute atomic E-state index is 0.0138. The Morgan fingerprint density at radius 3 is 2.37 bits per heavy atom. The number of nitrogens with one attached hydrogen (secondary N) is 3. The lowest BCUT2D eigenvalue weighted by atomic mass is 9.82. The van der Waals surface area contributed by atoms with Gasteiger partial charge in [0.15, 0.2) is 0 Å². The summed E-state index contributed by atoms with van der Waals surface area (Å²) in [6, 6.07) is 5.87. The van der Waals surface area contributed by atoms with E-state index in [9.17, 15) is 22.8 Å². The van der Waals surface area contributed by atoms with Gasteiger partial charge in [-0.1, -0.05) is 26.2 Å². The summed E-state index contributed by atoms with van der Waals surface area (Å²) in [5.74, 6) is -0.529. The van der Waals surface area contributed by atoms with Crippen molar-refractivity contribution in [3.8, 4) is 0 Å². The van der Waals surface area contributed by atoms with Crippen molar-refractivity contribution in [1.29, 1.82) is 0 Å². The molecule has 2 fully saturated rings. The molecule has 0 aromatic heterocycles. The van der Waals surface area contributed by atoms with E-state index in [2.05, 4.69) is 15.4 Å². The summed E-state index contributed by atoms with van der Waals surface area (Å²) in [6.07, 6.45) is 4.67. The molecular weight excluding hydrogens is 408 g/mol. The third kappa shape index (κ3) is 5.10. The molecule has 1 aromatic carbocycles. The van der Waals surface area contributed by atoms with Crippen molar-refractivity contribution in [2.24, 2.45) is 0 Å². The van der Waals surface area contributed by atoms with Gasteiger partial charge in [-0.05, 0) is 43.5 Å². The topological polar surface area (TPSA) is 125 Å². The van der Waals surface area contributed by atoms with E-state index in [-0.39, 0.29) is 30.5 Å². The van der Waals surface area contributed by atoms with Gasteiger partial charge in [-0.3, -0.25) is 19.2 Å². The predicted octanol–water partition coefficient (Wildman–Crippen LogP) is 2.42. The van der Waals surface area contributed by atoms with Crippen LogP contribution in [0, 0.1) is 0 Å². The van der Waals surface area contributed by atoms with Crippen molar-refractivity contribution < 1.29 is 22.8 Å². The molecule has 1 heterocycles. The van der Waals surface area contributed by atoms with Crippen molar-refractivity contribution in [2.75, 3.05) is 22.3 Å². The summed E-state index contributed by atoms with van der Waals surface area (Å²) in [5, 5.41) is 5.52. The molecule has 9 nitrogen and oxygen atoms in total. The summed E-state index contributed by atoms with van der Waals surface area (Å²) in [7, 11) is -3.37. The van der Waals surface area contributed by atoms with Gasteiger partial charge in [0.05, 0.1) is 5.75 Å². The third-order valence-electron chi connectivity index (χ3n) is 5.43. The Kier molecular flexibility index (Phi) is 6.64. The highest BCUT2D eigenvalue weighted by Crippen LogP contribution is 2.33. The Hall–Kier alpha value is -2.62. The number of carbonyl (C=O) groups is 3. The van der Waals surface area contributed by atoms with Crippen molar-refractivity contribution in [1.82, 2.24) is 10.2 Å². The molecule has 1 aromatic rings. The first kappa shape index (κ1) is 22.1. The van der Waals surface area contributed by atoms with Gasteiger partial charge in [0.1, 0.15) is 5.54 Å². The number of imide groups is 1. The van der Waals surface area contributed by atoms with Crippen LogP contribution in [0.5, 0.6) is 0 Å². The maximum atomic E-state index is 12.7. The average Bonchev–Trinajstić information content (AvgIpc) is 2.91. The Bertz CT molecular complexity index is 908. The van der Waals surface area contributed by atoms with E-state index in [1.54, 1.807) is 31.2 Å². The van der Waals surface area contributed by atoms with E-state index in [4.69, 9.17) is 0 Å². The van der Waals surface area contributed by atoms with Gasteiger partial charge < -0.3 is 10.6 Å². The number of benzene rings is 1. The van der Waals surface area contributed by atoms with E-state index in [0.717, 1.165) is 24.2 Å². The average molecular weight is 437 g/mol. The minimum atomic E-state index is -3.37. The van der Waals surface area contributed by atoms with Crippen molar-refractivity contribution in [3.63, 3.8) is 0 Å². The molecule has 1 aliphatic heterocycles. The van der Waals surface area contributed by atoms with Crippen LogP contribution >= 0.6 is 0 Å². The normalized spacial score (nSPS) is 18.4. The number of sulfonamides is 1. The standard InChI is InChI=1S/C20H28N4O5S/c1-2-14-30(28,29)23-16-8-6-15(7-9-16)21-17(25)10-13-24-18(26)20(22-19(24)27)11-4-3-5-12-20/h6-9,23H,2-5,10-14H2,1H3,(H,21,25)(H,22,27). The highest BCUT2D eigenvalue weighted by atomic mass is 32.2. The van der Waals surface area contributed by atoms with E-state index in [1.165, 1.54) is 0 Å². The van der Waals surface area contributed by atoms with Crippen LogP contribution < -0.4 is 15.4 Å². The molecule has 3 N–H and O–H groups in total. The Morgan fingerprint density at radius 1 is 1.10 bits per heavy atom. The molecule has 2 aliphatic rings. The number of carbonyl (C=O) groups excluding carboxylic acids is 3. The van der Waals surface area contributed by atoms with Crippen molar-refractivity contribution in [3.05, 3.63) is 24.3 Å². The monoisotopic (exact) mass is 436 g/mol. The Morgan fingerprint density at radius 2 is 1.73 bits per heavy atom. The van der Waals surface area contributed by atoms with Crippen LogP contribution in [0.1, 0.15) is 51.9 Å². The van der Waals surface area contributed by atoms with Gasteiger partial charge in [-0.15, -0.1) is 0 Å². The molecule has 0 radical (unpaired) electrons. The number of rotatable bonds is 8. The number of anilines is 2. The lowest BCUT2D eigenvalue weighted by Gasteiger charge is -2.30. The Balaban J connectivity index is 1.51. The van der Waals surface area contributed by atoms with Crippen LogP contribution in [0.25, 0.3) is 0 Å². The number of nitrogens with zero attached hydrogens (tertiary/aromatic N) is 1. The number of urea groups is 1. The fourth-order valence-electron chi connectivity index (χ4n) is 3.93. The molecule has 3 rings (SSSR count). The summed E-state index contributed by atoms with van der Waals surface area (Å²) < 4.78 is 26.1. The summed E-state index contributed by atoms with van der Waals surface area (Å²) in [6.45, 7) is 1.80. The van der Waals surface area contributed by atoms with Crippen LogP contribution in [0.2, 0.25) is 0 Å². The predicted molar refractivity (Wildman–Crippen MR) is 113 cm³/mol. The quantitative estimate of drug-likeness (QED) is 0.540. The van der Waals surface area contributed by atoms with Crippen LogP contribution in [0.15, 0.2) is 24.3 Å². The number of hydrogen-bond acceptors (Lipinski definition) is 5. The zero-order chi connectivity index (χ0) is 21.8. The third-order valence-corrected chi connectivity index (χ3v) is 6.92. The highest BCUT2D eigenvalue weighted by Gasteiger charge is 2.51. The lowest BCUT2D eigenvalue weighted by Crippen LogP contribution is -2.48. The first-order chi connectivity index (χ1) is 14.2. The molecule has 4 amide bonds. The summed E-state index contributed by atoms with van der Waals surface area (Å²) in [5.41, 5.74) is 0.130. The van der Waals surface area contributed by atoms with Gasteiger partial charge in [0, 0.05) is 24.3 Å². The summed E-state index contributed by atoms with van der Waals surface area (Å²) >= 11 is 0. The summed E-state index contributed by atoms with van der Waals surface area (Å²) in [4.78, 5) is 38.3. The molecule has 1 aliphatic carbocycles. The second-order valence-corrected chi connectivity index (χ2v) is 9.67. The van der Waals surface area contributed by atoms with Crippen LogP contribution in [0.4, 0.5) is 16.2 Å². The van der Waals surface area contributed by atoms with Gasteiger partial charge in [0.2, 0.25) is 15.9 Å².